The largest absolute Gasteiger partial charge is 0.416 e. The molecular formula is C12H15F3. The predicted octanol–water partition coefficient (Wildman–Crippen LogP) is 4.46. The SMILES string of the molecule is CC(C)[C@@H](C)c1ccc(C(F)(F)F)cc1. The van der Waals surface area contributed by atoms with E-state index in [-0.39, 0.29) is 5.92 Å². The minimum Gasteiger partial charge on any atom is -0.166 e. The molecule has 0 saturated carbocycles. The topological polar surface area (TPSA) is 0 Å². The summed E-state index contributed by atoms with van der Waals surface area (Å²) in [7, 11) is 0. The van der Waals surface area contributed by atoms with Crippen LogP contribution in [0.1, 0.15) is 37.8 Å². The Balaban J connectivity index is 2.91. The summed E-state index contributed by atoms with van der Waals surface area (Å²) in [6.45, 7) is 6.14. The van der Waals surface area contributed by atoms with Gasteiger partial charge >= 0.3 is 6.18 Å². The van der Waals surface area contributed by atoms with Crippen molar-refractivity contribution in [1.82, 2.24) is 0 Å². The number of hydrogen-bond donors (Lipinski definition) is 0. The van der Waals surface area contributed by atoms with Crippen molar-refractivity contribution in [3.05, 3.63) is 35.4 Å². The van der Waals surface area contributed by atoms with Crippen LogP contribution in [0.4, 0.5) is 13.2 Å². The number of benzene rings is 1. The summed E-state index contributed by atoms with van der Waals surface area (Å²) in [5.41, 5.74) is 0.375. The van der Waals surface area contributed by atoms with Gasteiger partial charge in [-0.25, -0.2) is 0 Å². The molecule has 0 heterocycles. The van der Waals surface area contributed by atoms with E-state index in [0.717, 1.165) is 17.7 Å². The quantitative estimate of drug-likeness (QED) is 0.684. The highest BCUT2D eigenvalue weighted by Gasteiger charge is 2.30. The second kappa shape index (κ2) is 4.25. The zero-order valence-electron chi connectivity index (χ0n) is 9.10. The van der Waals surface area contributed by atoms with E-state index in [1.165, 1.54) is 0 Å². The molecule has 0 amide bonds. The van der Waals surface area contributed by atoms with E-state index in [4.69, 9.17) is 0 Å². The van der Waals surface area contributed by atoms with Gasteiger partial charge in [-0.3, -0.25) is 0 Å². The Morgan fingerprint density at radius 1 is 0.933 bits per heavy atom. The maximum Gasteiger partial charge on any atom is 0.416 e. The first-order valence-corrected chi connectivity index (χ1v) is 4.99. The minimum absolute atomic E-state index is 0.285. The van der Waals surface area contributed by atoms with Crippen molar-refractivity contribution in [3.63, 3.8) is 0 Å². The molecule has 0 unspecified atom stereocenters. The Labute approximate surface area is 88.1 Å². The highest BCUT2D eigenvalue weighted by atomic mass is 19.4. The third-order valence-corrected chi connectivity index (χ3v) is 2.76. The van der Waals surface area contributed by atoms with Crippen LogP contribution < -0.4 is 0 Å². The van der Waals surface area contributed by atoms with Gasteiger partial charge in [-0.1, -0.05) is 32.9 Å². The van der Waals surface area contributed by atoms with Crippen molar-refractivity contribution in [3.8, 4) is 0 Å². The van der Waals surface area contributed by atoms with Crippen molar-refractivity contribution in [2.75, 3.05) is 0 Å². The smallest absolute Gasteiger partial charge is 0.166 e. The third-order valence-electron chi connectivity index (χ3n) is 2.76. The fourth-order valence-corrected chi connectivity index (χ4v) is 1.36. The van der Waals surface area contributed by atoms with E-state index in [1.807, 2.05) is 6.92 Å². The molecule has 1 rings (SSSR count). The number of hydrogen-bond acceptors (Lipinski definition) is 0. The zero-order valence-corrected chi connectivity index (χ0v) is 9.10. The molecule has 1 aromatic carbocycles. The third kappa shape index (κ3) is 2.98. The Morgan fingerprint density at radius 3 is 1.73 bits per heavy atom. The molecule has 0 fully saturated rings. The summed E-state index contributed by atoms with van der Waals surface area (Å²) in [4.78, 5) is 0. The van der Waals surface area contributed by atoms with Gasteiger partial charge in [-0.15, -0.1) is 0 Å². The molecule has 1 aromatic rings. The van der Waals surface area contributed by atoms with E-state index in [0.29, 0.717) is 5.92 Å². The summed E-state index contributed by atoms with van der Waals surface area (Å²) in [5, 5.41) is 0. The van der Waals surface area contributed by atoms with Crippen LogP contribution in [0.2, 0.25) is 0 Å². The van der Waals surface area contributed by atoms with Crippen LogP contribution in [-0.4, -0.2) is 0 Å². The van der Waals surface area contributed by atoms with Crippen molar-refractivity contribution < 1.29 is 13.2 Å². The molecule has 0 radical (unpaired) electrons. The molecule has 15 heavy (non-hydrogen) atoms. The van der Waals surface area contributed by atoms with Crippen molar-refractivity contribution in [2.45, 2.75) is 32.9 Å². The molecule has 0 aliphatic carbocycles. The van der Waals surface area contributed by atoms with E-state index in [2.05, 4.69) is 13.8 Å². The fourth-order valence-electron chi connectivity index (χ4n) is 1.36. The van der Waals surface area contributed by atoms with E-state index in [1.54, 1.807) is 12.1 Å². The maximum atomic E-state index is 12.3. The van der Waals surface area contributed by atoms with Gasteiger partial charge in [0, 0.05) is 0 Å². The normalized spacial score (nSPS) is 14.3. The molecule has 0 saturated heterocycles. The van der Waals surface area contributed by atoms with Gasteiger partial charge in [0.1, 0.15) is 0 Å². The molecule has 3 heteroatoms. The second-order valence-electron chi connectivity index (χ2n) is 4.15. The first kappa shape index (κ1) is 12.1. The van der Waals surface area contributed by atoms with Gasteiger partial charge in [-0.2, -0.15) is 13.2 Å². The predicted molar refractivity (Wildman–Crippen MR) is 54.7 cm³/mol. The monoisotopic (exact) mass is 216 g/mol. The molecule has 0 aromatic heterocycles. The van der Waals surface area contributed by atoms with Gasteiger partial charge in [0.25, 0.3) is 0 Å². The minimum atomic E-state index is -4.24. The Kier molecular flexibility index (Phi) is 3.42. The first-order valence-electron chi connectivity index (χ1n) is 4.99. The lowest BCUT2D eigenvalue weighted by atomic mass is 9.90. The van der Waals surface area contributed by atoms with Gasteiger partial charge in [0.15, 0.2) is 0 Å². The molecular weight excluding hydrogens is 201 g/mol. The number of halogens is 3. The summed E-state index contributed by atoms with van der Waals surface area (Å²) in [5.74, 6) is 0.717. The highest BCUT2D eigenvalue weighted by molar-refractivity contribution is 5.26. The molecule has 0 nitrogen and oxygen atoms in total. The fraction of sp³-hybridized carbons (Fsp3) is 0.500. The zero-order chi connectivity index (χ0) is 11.6. The van der Waals surface area contributed by atoms with Crippen LogP contribution in [0.25, 0.3) is 0 Å². The van der Waals surface area contributed by atoms with Crippen LogP contribution >= 0.6 is 0 Å². The summed E-state index contributed by atoms with van der Waals surface area (Å²) >= 11 is 0. The molecule has 0 spiro atoms. The molecule has 0 aliphatic rings. The standard InChI is InChI=1S/C12H15F3/c1-8(2)9(3)10-4-6-11(7-5-10)12(13,14)15/h4-9H,1-3H3/t9-/m1/s1. The average Bonchev–Trinajstić information content (AvgIpc) is 2.15. The summed E-state index contributed by atoms with van der Waals surface area (Å²) in [6, 6.07) is 5.42. The molecule has 0 N–H and O–H groups in total. The molecule has 0 bridgehead atoms. The van der Waals surface area contributed by atoms with Gasteiger partial charge in [0.2, 0.25) is 0 Å². The summed E-state index contributed by atoms with van der Waals surface area (Å²) < 4.78 is 36.8. The van der Waals surface area contributed by atoms with Crippen LogP contribution in [0.15, 0.2) is 24.3 Å². The second-order valence-corrected chi connectivity index (χ2v) is 4.15. The van der Waals surface area contributed by atoms with Gasteiger partial charge < -0.3 is 0 Å². The van der Waals surface area contributed by atoms with Crippen LogP contribution in [0.5, 0.6) is 0 Å². The molecule has 1 atom stereocenters. The first-order chi connectivity index (χ1) is 6.82. The highest BCUT2D eigenvalue weighted by Crippen LogP contribution is 2.31. The van der Waals surface area contributed by atoms with Crippen molar-refractivity contribution >= 4 is 0 Å². The molecule has 84 valence electrons. The lowest BCUT2D eigenvalue weighted by molar-refractivity contribution is -0.137. The van der Waals surface area contributed by atoms with Crippen LogP contribution in [0.3, 0.4) is 0 Å². The Morgan fingerprint density at radius 2 is 1.40 bits per heavy atom. The van der Waals surface area contributed by atoms with Gasteiger partial charge in [0.05, 0.1) is 5.56 Å². The van der Waals surface area contributed by atoms with Crippen molar-refractivity contribution in [1.29, 1.82) is 0 Å². The van der Waals surface area contributed by atoms with Crippen LogP contribution in [0, 0.1) is 5.92 Å². The Bertz CT molecular complexity index is 309. The lowest BCUT2D eigenvalue weighted by Crippen LogP contribution is -2.06. The average molecular weight is 216 g/mol. The van der Waals surface area contributed by atoms with Crippen LogP contribution in [-0.2, 0) is 6.18 Å². The van der Waals surface area contributed by atoms with E-state index < -0.39 is 11.7 Å². The molecule has 0 aliphatic heterocycles. The van der Waals surface area contributed by atoms with Crippen molar-refractivity contribution in [2.24, 2.45) is 5.92 Å². The van der Waals surface area contributed by atoms with E-state index in [9.17, 15) is 13.2 Å². The number of alkyl halides is 3. The lowest BCUT2D eigenvalue weighted by Gasteiger charge is -2.16. The summed E-state index contributed by atoms with van der Waals surface area (Å²) in [6.07, 6.45) is -4.24. The van der Waals surface area contributed by atoms with E-state index >= 15 is 0 Å². The van der Waals surface area contributed by atoms with Gasteiger partial charge in [-0.05, 0) is 29.5 Å². The Hall–Kier alpha value is -0.990. The number of rotatable bonds is 2. The maximum absolute atomic E-state index is 12.3.